The smallest absolute Gasteiger partial charge is 0.224 e. The minimum atomic E-state index is 0.124. The Morgan fingerprint density at radius 1 is 1.21 bits per heavy atom. The fourth-order valence-corrected chi connectivity index (χ4v) is 4.85. The van der Waals surface area contributed by atoms with Gasteiger partial charge in [0.05, 0.1) is 12.1 Å². The molecule has 0 bridgehead atoms. The van der Waals surface area contributed by atoms with E-state index >= 15 is 0 Å². The molecule has 2 aliphatic carbocycles. The number of fused-ring (bicyclic) bond motifs is 1. The van der Waals surface area contributed by atoms with Crippen LogP contribution in [0.5, 0.6) is 0 Å². The van der Waals surface area contributed by atoms with Gasteiger partial charge in [-0.1, -0.05) is 36.8 Å². The van der Waals surface area contributed by atoms with Crippen LogP contribution in [0, 0.1) is 25.7 Å². The molecule has 0 aliphatic heterocycles. The molecular formula is C20H25N3O. The molecule has 2 fully saturated rings. The maximum absolute atomic E-state index is 12.6. The van der Waals surface area contributed by atoms with Gasteiger partial charge in [0, 0.05) is 23.2 Å². The van der Waals surface area contributed by atoms with Crippen molar-refractivity contribution in [2.45, 2.75) is 51.5 Å². The fraction of sp³-hybridized carbons (Fsp3) is 0.500. The van der Waals surface area contributed by atoms with Gasteiger partial charge in [-0.15, -0.1) is 0 Å². The van der Waals surface area contributed by atoms with Crippen molar-refractivity contribution in [1.29, 1.82) is 0 Å². The number of H-pyrrole nitrogens is 1. The maximum Gasteiger partial charge on any atom is 0.224 e. The van der Waals surface area contributed by atoms with E-state index in [1.807, 2.05) is 13.8 Å². The highest BCUT2D eigenvalue weighted by atomic mass is 16.1. The molecule has 0 spiro atoms. The zero-order chi connectivity index (χ0) is 16.7. The first-order valence-corrected chi connectivity index (χ1v) is 9.00. The predicted octanol–water partition coefficient (Wildman–Crippen LogP) is 3.27. The molecular weight excluding hydrogens is 298 g/mol. The summed E-state index contributed by atoms with van der Waals surface area (Å²) in [5.74, 6) is 2.01. The predicted molar refractivity (Wildman–Crippen MR) is 93.7 cm³/mol. The molecule has 0 saturated heterocycles. The number of nitrogens with zero attached hydrogens (tertiary/aromatic N) is 1. The number of amides is 1. The van der Waals surface area contributed by atoms with Crippen molar-refractivity contribution < 1.29 is 4.79 Å². The van der Waals surface area contributed by atoms with Gasteiger partial charge in [0.25, 0.3) is 0 Å². The second-order valence-electron chi connectivity index (χ2n) is 7.38. The van der Waals surface area contributed by atoms with Crippen LogP contribution in [0.2, 0.25) is 0 Å². The van der Waals surface area contributed by atoms with E-state index in [4.69, 9.17) is 0 Å². The number of hydrogen-bond donors (Lipinski definition) is 2. The number of rotatable bonds is 4. The first kappa shape index (κ1) is 15.4. The van der Waals surface area contributed by atoms with Crippen molar-refractivity contribution in [2.75, 3.05) is 0 Å². The lowest BCUT2D eigenvalue weighted by Crippen LogP contribution is -2.56. The Morgan fingerprint density at radius 3 is 2.67 bits per heavy atom. The minimum absolute atomic E-state index is 0.124. The van der Waals surface area contributed by atoms with E-state index in [2.05, 4.69) is 45.8 Å². The summed E-state index contributed by atoms with van der Waals surface area (Å²) in [4.78, 5) is 12.6. The molecule has 1 aromatic heterocycles. The van der Waals surface area contributed by atoms with Crippen LogP contribution in [0.1, 0.15) is 47.7 Å². The standard InChI is InChI=1S/C20H25N3O/c1-12-17(13(2)23-22-12)11-18(24)21-20-16-10-6-9-15(16)19(20)14-7-4-3-5-8-14/h3-5,7-8,15-16,19-20H,6,9-11H2,1-2H3,(H,21,24)(H,22,23)/t15-,16-,19+,20-/m1/s1. The number of aromatic amines is 1. The van der Waals surface area contributed by atoms with Gasteiger partial charge in [-0.25, -0.2) is 0 Å². The number of aryl methyl sites for hydroxylation is 2. The van der Waals surface area contributed by atoms with Gasteiger partial charge in [-0.2, -0.15) is 5.10 Å². The van der Waals surface area contributed by atoms with Crippen molar-refractivity contribution in [2.24, 2.45) is 11.8 Å². The van der Waals surface area contributed by atoms with E-state index in [1.165, 1.54) is 24.8 Å². The molecule has 4 atom stereocenters. The zero-order valence-electron chi connectivity index (χ0n) is 14.4. The average Bonchev–Trinajstić information content (AvgIpc) is 3.12. The minimum Gasteiger partial charge on any atom is -0.352 e. The summed E-state index contributed by atoms with van der Waals surface area (Å²) >= 11 is 0. The van der Waals surface area contributed by atoms with Gasteiger partial charge in [0.1, 0.15) is 0 Å². The monoisotopic (exact) mass is 323 g/mol. The number of carbonyl (C=O) groups excluding carboxylic acids is 1. The lowest BCUT2D eigenvalue weighted by molar-refractivity contribution is -0.123. The number of aromatic nitrogens is 2. The number of benzene rings is 1. The maximum atomic E-state index is 12.6. The topological polar surface area (TPSA) is 57.8 Å². The van der Waals surface area contributed by atoms with Crippen LogP contribution in [-0.2, 0) is 11.2 Å². The summed E-state index contributed by atoms with van der Waals surface area (Å²) in [6.45, 7) is 3.93. The summed E-state index contributed by atoms with van der Waals surface area (Å²) in [7, 11) is 0. The van der Waals surface area contributed by atoms with Crippen LogP contribution in [-0.4, -0.2) is 22.1 Å². The van der Waals surface area contributed by atoms with Gasteiger partial charge >= 0.3 is 0 Å². The third-order valence-corrected chi connectivity index (χ3v) is 6.06. The van der Waals surface area contributed by atoms with Gasteiger partial charge in [-0.05, 0) is 44.1 Å². The normalized spacial score (nSPS) is 28.2. The molecule has 2 aromatic rings. The Balaban J connectivity index is 1.49. The quantitative estimate of drug-likeness (QED) is 0.907. The SMILES string of the molecule is Cc1n[nH]c(C)c1CC(=O)N[C@@H]1[C@@H]2CCC[C@H]2[C@@H]1c1ccccc1. The molecule has 2 N–H and O–H groups in total. The molecule has 126 valence electrons. The van der Waals surface area contributed by atoms with E-state index in [0.717, 1.165) is 22.9 Å². The molecule has 2 saturated carbocycles. The Kier molecular flexibility index (Phi) is 3.91. The van der Waals surface area contributed by atoms with E-state index in [-0.39, 0.29) is 5.91 Å². The van der Waals surface area contributed by atoms with Crippen LogP contribution in [0.3, 0.4) is 0 Å². The highest BCUT2D eigenvalue weighted by Crippen LogP contribution is 2.55. The van der Waals surface area contributed by atoms with Crippen LogP contribution in [0.4, 0.5) is 0 Å². The van der Waals surface area contributed by atoms with Crippen molar-refractivity contribution in [3.8, 4) is 0 Å². The third kappa shape index (κ3) is 2.54. The molecule has 0 radical (unpaired) electrons. The van der Waals surface area contributed by atoms with Crippen LogP contribution >= 0.6 is 0 Å². The Bertz CT molecular complexity index is 717. The van der Waals surface area contributed by atoms with E-state index in [1.54, 1.807) is 0 Å². The van der Waals surface area contributed by atoms with Gasteiger partial charge < -0.3 is 5.32 Å². The van der Waals surface area contributed by atoms with E-state index in [0.29, 0.717) is 24.3 Å². The first-order valence-electron chi connectivity index (χ1n) is 9.00. The van der Waals surface area contributed by atoms with Gasteiger partial charge in [0.2, 0.25) is 5.91 Å². The molecule has 4 heteroatoms. The lowest BCUT2D eigenvalue weighted by Gasteiger charge is -2.49. The Hall–Kier alpha value is -2.10. The van der Waals surface area contributed by atoms with Crippen molar-refractivity contribution in [1.82, 2.24) is 15.5 Å². The summed E-state index contributed by atoms with van der Waals surface area (Å²) in [6.07, 6.45) is 4.27. The highest BCUT2D eigenvalue weighted by molar-refractivity contribution is 5.79. The molecule has 1 heterocycles. The van der Waals surface area contributed by atoms with Crippen LogP contribution < -0.4 is 5.32 Å². The summed E-state index contributed by atoms with van der Waals surface area (Å²) in [6, 6.07) is 11.0. The van der Waals surface area contributed by atoms with E-state index in [9.17, 15) is 4.79 Å². The number of hydrogen-bond acceptors (Lipinski definition) is 2. The second kappa shape index (κ2) is 6.08. The average molecular weight is 323 g/mol. The number of carbonyl (C=O) groups is 1. The number of nitrogens with one attached hydrogen (secondary N) is 2. The first-order chi connectivity index (χ1) is 11.6. The lowest BCUT2D eigenvalue weighted by atomic mass is 9.60. The largest absolute Gasteiger partial charge is 0.352 e. The molecule has 4 nitrogen and oxygen atoms in total. The summed E-state index contributed by atoms with van der Waals surface area (Å²) in [5.41, 5.74) is 4.33. The molecule has 1 aromatic carbocycles. The summed E-state index contributed by atoms with van der Waals surface area (Å²) < 4.78 is 0. The molecule has 4 rings (SSSR count). The third-order valence-electron chi connectivity index (χ3n) is 6.06. The summed E-state index contributed by atoms with van der Waals surface area (Å²) in [5, 5.41) is 10.5. The fourth-order valence-electron chi connectivity index (χ4n) is 4.85. The van der Waals surface area contributed by atoms with E-state index < -0.39 is 0 Å². The van der Waals surface area contributed by atoms with Crippen molar-refractivity contribution in [3.05, 3.63) is 52.8 Å². The van der Waals surface area contributed by atoms with Gasteiger partial charge in [-0.3, -0.25) is 9.89 Å². The highest BCUT2D eigenvalue weighted by Gasteiger charge is 2.53. The Labute approximate surface area is 143 Å². The Morgan fingerprint density at radius 2 is 1.96 bits per heavy atom. The molecule has 24 heavy (non-hydrogen) atoms. The van der Waals surface area contributed by atoms with Crippen molar-refractivity contribution >= 4 is 5.91 Å². The van der Waals surface area contributed by atoms with Gasteiger partial charge in [0.15, 0.2) is 0 Å². The van der Waals surface area contributed by atoms with Crippen LogP contribution in [0.25, 0.3) is 0 Å². The van der Waals surface area contributed by atoms with Crippen molar-refractivity contribution in [3.63, 3.8) is 0 Å². The molecule has 1 amide bonds. The molecule has 0 unspecified atom stereocenters. The zero-order valence-corrected chi connectivity index (χ0v) is 14.4. The molecule has 2 aliphatic rings. The second-order valence-corrected chi connectivity index (χ2v) is 7.38. The van der Waals surface area contributed by atoms with Crippen LogP contribution in [0.15, 0.2) is 30.3 Å².